The molecule has 2 aliphatic rings. The molecule has 2 amide bonds. The zero-order valence-electron chi connectivity index (χ0n) is 18.6. The van der Waals surface area contributed by atoms with Gasteiger partial charge in [-0.2, -0.15) is 0 Å². The second-order valence-electron chi connectivity index (χ2n) is 8.44. The molecule has 4 rings (SSSR count). The molecule has 0 spiro atoms. The molecule has 3 heterocycles. The minimum Gasteiger partial charge on any atom is -0.381 e. The van der Waals surface area contributed by atoms with Gasteiger partial charge in [-0.3, -0.25) is 14.6 Å². The van der Waals surface area contributed by atoms with Crippen molar-refractivity contribution in [1.29, 1.82) is 0 Å². The lowest BCUT2D eigenvalue weighted by Gasteiger charge is -2.30. The normalized spacial score (nSPS) is 16.6. The summed E-state index contributed by atoms with van der Waals surface area (Å²) in [5.41, 5.74) is 3.93. The zero-order valence-corrected chi connectivity index (χ0v) is 18.6. The summed E-state index contributed by atoms with van der Waals surface area (Å²) in [5, 5.41) is 3.05. The Kier molecular flexibility index (Phi) is 7.13. The Morgan fingerprint density at radius 2 is 2.06 bits per heavy atom. The molecule has 33 heavy (non-hydrogen) atoms. The number of hydrogen-bond donors (Lipinski definition) is 1. The Morgan fingerprint density at radius 1 is 1.27 bits per heavy atom. The average Bonchev–Trinajstić information content (AvgIpc) is 2.83. The number of carbonyl (C=O) groups excluding carboxylic acids is 2. The predicted molar refractivity (Wildman–Crippen MR) is 119 cm³/mol. The third-order valence-corrected chi connectivity index (χ3v) is 6.30. The second-order valence-corrected chi connectivity index (χ2v) is 8.44. The van der Waals surface area contributed by atoms with Gasteiger partial charge in [0.15, 0.2) is 0 Å². The molecule has 0 unspecified atom stereocenters. The number of ether oxygens (including phenoxy) is 1. The number of aromatic nitrogens is 1. The maximum absolute atomic E-state index is 13.8. The number of fused-ring (bicyclic) bond motifs is 1. The van der Waals surface area contributed by atoms with Crippen LogP contribution in [0.25, 0.3) is 6.08 Å². The molecule has 0 atom stereocenters. The van der Waals surface area contributed by atoms with E-state index in [-0.39, 0.29) is 23.3 Å². The van der Waals surface area contributed by atoms with Crippen LogP contribution in [-0.4, -0.2) is 41.5 Å². The van der Waals surface area contributed by atoms with Crippen molar-refractivity contribution in [3.05, 3.63) is 70.1 Å². The molecule has 8 heteroatoms. The highest BCUT2D eigenvalue weighted by molar-refractivity contribution is 5.92. The van der Waals surface area contributed by atoms with Crippen LogP contribution in [0.1, 0.15) is 40.8 Å². The largest absolute Gasteiger partial charge is 0.381 e. The van der Waals surface area contributed by atoms with Crippen molar-refractivity contribution in [2.24, 2.45) is 5.92 Å². The smallest absolute Gasteiger partial charge is 0.246 e. The third-order valence-electron chi connectivity index (χ3n) is 6.30. The van der Waals surface area contributed by atoms with E-state index in [9.17, 15) is 18.4 Å². The van der Waals surface area contributed by atoms with E-state index in [1.807, 2.05) is 6.92 Å². The van der Waals surface area contributed by atoms with Gasteiger partial charge >= 0.3 is 0 Å². The van der Waals surface area contributed by atoms with Gasteiger partial charge in [-0.1, -0.05) is 0 Å². The van der Waals surface area contributed by atoms with E-state index in [4.69, 9.17) is 4.74 Å². The Hall–Kier alpha value is -3.13. The second kappa shape index (κ2) is 10.2. The van der Waals surface area contributed by atoms with Crippen LogP contribution in [0, 0.1) is 24.5 Å². The molecule has 1 aromatic carbocycles. The first-order valence-corrected chi connectivity index (χ1v) is 11.2. The summed E-state index contributed by atoms with van der Waals surface area (Å²) in [6.45, 7) is 4.42. The first-order chi connectivity index (χ1) is 15.9. The molecule has 0 bridgehead atoms. The highest BCUT2D eigenvalue weighted by atomic mass is 19.1. The summed E-state index contributed by atoms with van der Waals surface area (Å²) in [5.74, 6) is -1.41. The van der Waals surface area contributed by atoms with Gasteiger partial charge in [0.2, 0.25) is 11.8 Å². The van der Waals surface area contributed by atoms with Crippen LogP contribution in [-0.2, 0) is 33.8 Å². The molecule has 0 radical (unpaired) electrons. The van der Waals surface area contributed by atoms with Crippen LogP contribution in [0.3, 0.4) is 0 Å². The van der Waals surface area contributed by atoms with Gasteiger partial charge in [0.1, 0.15) is 11.6 Å². The highest BCUT2D eigenvalue weighted by Crippen LogP contribution is 2.25. The lowest BCUT2D eigenvalue weighted by molar-refractivity contribution is -0.128. The number of amides is 2. The first-order valence-electron chi connectivity index (χ1n) is 11.2. The van der Waals surface area contributed by atoms with Crippen molar-refractivity contribution >= 4 is 17.9 Å². The molecule has 174 valence electrons. The van der Waals surface area contributed by atoms with E-state index in [2.05, 4.69) is 10.3 Å². The number of hydrogen-bond acceptors (Lipinski definition) is 4. The molecule has 1 N–H and O–H groups in total. The fourth-order valence-electron chi connectivity index (χ4n) is 4.33. The maximum Gasteiger partial charge on any atom is 0.246 e. The van der Waals surface area contributed by atoms with Gasteiger partial charge in [-0.25, -0.2) is 8.78 Å². The van der Waals surface area contributed by atoms with Crippen LogP contribution >= 0.6 is 0 Å². The van der Waals surface area contributed by atoms with Gasteiger partial charge in [0, 0.05) is 62.3 Å². The van der Waals surface area contributed by atoms with Crippen LogP contribution in [0.15, 0.2) is 30.5 Å². The summed E-state index contributed by atoms with van der Waals surface area (Å²) < 4.78 is 32.5. The standard InChI is InChI=1S/C25H27F2N3O3/c1-16-22(14-29-25(32)17-7-10-33-11-8-17)21-6-9-30(15-19(21)13-28-16)24(31)5-2-18-12-20(26)3-4-23(18)27/h2-5,12-13,17H,6-11,14-15H2,1H3,(H,29,32)/b5-2+. The van der Waals surface area contributed by atoms with Crippen molar-refractivity contribution in [3.63, 3.8) is 0 Å². The topological polar surface area (TPSA) is 71.5 Å². The Morgan fingerprint density at radius 3 is 2.85 bits per heavy atom. The van der Waals surface area contributed by atoms with E-state index >= 15 is 0 Å². The number of aryl methyl sites for hydroxylation is 1. The summed E-state index contributed by atoms with van der Waals surface area (Å²) in [4.78, 5) is 31.3. The molecule has 2 aliphatic heterocycles. The monoisotopic (exact) mass is 455 g/mol. The molecule has 0 aliphatic carbocycles. The number of rotatable bonds is 5. The maximum atomic E-state index is 13.8. The van der Waals surface area contributed by atoms with E-state index in [0.717, 1.165) is 53.4 Å². The van der Waals surface area contributed by atoms with Crippen LogP contribution in [0.2, 0.25) is 0 Å². The minimum absolute atomic E-state index is 0.0191. The van der Waals surface area contributed by atoms with Crippen LogP contribution in [0.4, 0.5) is 8.78 Å². The molecule has 2 aromatic rings. The number of nitrogens with zero attached hydrogens (tertiary/aromatic N) is 2. The number of pyridine rings is 1. The van der Waals surface area contributed by atoms with Gasteiger partial charge in [0.05, 0.1) is 0 Å². The third kappa shape index (κ3) is 5.45. The van der Waals surface area contributed by atoms with Crippen molar-refractivity contribution in [2.75, 3.05) is 19.8 Å². The van der Waals surface area contributed by atoms with Crippen molar-refractivity contribution in [1.82, 2.24) is 15.2 Å². The quantitative estimate of drug-likeness (QED) is 0.703. The SMILES string of the molecule is Cc1ncc2c(c1CNC(=O)C1CCOCC1)CCN(C(=O)/C=C/c1cc(F)ccc1F)C2. The fraction of sp³-hybridized carbons (Fsp3) is 0.400. The minimum atomic E-state index is -0.587. The van der Waals surface area contributed by atoms with Crippen LogP contribution < -0.4 is 5.32 Å². The summed E-state index contributed by atoms with van der Waals surface area (Å²) in [6, 6.07) is 3.12. The van der Waals surface area contributed by atoms with Gasteiger partial charge in [-0.05, 0) is 67.2 Å². The van der Waals surface area contributed by atoms with E-state index < -0.39 is 11.6 Å². The lowest BCUT2D eigenvalue weighted by Crippen LogP contribution is -2.37. The molecule has 0 saturated carbocycles. The molecule has 1 aromatic heterocycles. The summed E-state index contributed by atoms with van der Waals surface area (Å²) in [6.07, 6.45) is 6.43. The average molecular weight is 456 g/mol. The van der Waals surface area contributed by atoms with Gasteiger partial charge in [0.25, 0.3) is 0 Å². The van der Waals surface area contributed by atoms with Gasteiger partial charge in [-0.15, -0.1) is 0 Å². The van der Waals surface area contributed by atoms with Crippen molar-refractivity contribution in [2.45, 2.75) is 39.3 Å². The molecular formula is C25H27F2N3O3. The van der Waals surface area contributed by atoms with Gasteiger partial charge < -0.3 is 15.0 Å². The fourth-order valence-corrected chi connectivity index (χ4v) is 4.33. The van der Waals surface area contributed by atoms with Crippen LogP contribution in [0.5, 0.6) is 0 Å². The number of carbonyl (C=O) groups is 2. The lowest BCUT2D eigenvalue weighted by atomic mass is 9.94. The first kappa shape index (κ1) is 23.0. The Bertz CT molecular complexity index is 1080. The van der Waals surface area contributed by atoms with E-state index in [1.165, 1.54) is 12.2 Å². The van der Waals surface area contributed by atoms with E-state index in [1.54, 1.807) is 11.1 Å². The predicted octanol–water partition coefficient (Wildman–Crippen LogP) is 3.31. The van der Waals surface area contributed by atoms with Crippen molar-refractivity contribution < 1.29 is 23.1 Å². The molecule has 6 nitrogen and oxygen atoms in total. The molecular weight excluding hydrogens is 428 g/mol. The number of benzene rings is 1. The Labute approximate surface area is 191 Å². The summed E-state index contributed by atoms with van der Waals surface area (Å²) in [7, 11) is 0. The summed E-state index contributed by atoms with van der Waals surface area (Å²) >= 11 is 0. The molecule has 1 fully saturated rings. The number of nitrogens with one attached hydrogen (secondary N) is 1. The van der Waals surface area contributed by atoms with Crippen molar-refractivity contribution in [3.8, 4) is 0 Å². The molecule has 1 saturated heterocycles. The number of halogens is 2. The van der Waals surface area contributed by atoms with E-state index in [0.29, 0.717) is 39.3 Å². The Balaban J connectivity index is 1.42. The zero-order chi connectivity index (χ0) is 23.4. The highest BCUT2D eigenvalue weighted by Gasteiger charge is 2.25.